The number of halogens is 1. The highest BCUT2D eigenvalue weighted by Crippen LogP contribution is 2.32. The molecule has 0 heterocycles. The summed E-state index contributed by atoms with van der Waals surface area (Å²) in [5, 5.41) is 0. The van der Waals surface area contributed by atoms with E-state index in [-0.39, 0.29) is 11.2 Å². The molecule has 0 spiro atoms. The first-order chi connectivity index (χ1) is 9.09. The minimum absolute atomic E-state index is 0.00212. The summed E-state index contributed by atoms with van der Waals surface area (Å²) >= 11 is 0. The Bertz CT molecular complexity index is 545. The summed E-state index contributed by atoms with van der Waals surface area (Å²) in [7, 11) is 1.78. The van der Waals surface area contributed by atoms with Crippen molar-refractivity contribution in [1.29, 1.82) is 0 Å². The molecule has 0 bridgehead atoms. The van der Waals surface area contributed by atoms with Gasteiger partial charge in [-0.3, -0.25) is 0 Å². The van der Waals surface area contributed by atoms with Crippen molar-refractivity contribution in [2.45, 2.75) is 46.0 Å². The second-order valence-corrected chi connectivity index (χ2v) is 8.94. The Morgan fingerprint density at radius 2 is 1.85 bits per heavy atom. The van der Waals surface area contributed by atoms with Gasteiger partial charge in [-0.1, -0.05) is 32.9 Å². The van der Waals surface area contributed by atoms with E-state index in [1.807, 2.05) is 13.0 Å². The highest BCUT2D eigenvalue weighted by Gasteiger charge is 2.18. The normalized spacial score (nSPS) is 12.4. The first kappa shape index (κ1) is 17.3. The molecule has 114 valence electrons. The van der Waals surface area contributed by atoms with Crippen LogP contribution in [0, 0.1) is 6.92 Å². The van der Waals surface area contributed by atoms with E-state index >= 15 is 0 Å². The van der Waals surface area contributed by atoms with Crippen molar-refractivity contribution < 1.29 is 13.2 Å². The van der Waals surface area contributed by atoms with Gasteiger partial charge in [0.25, 0.3) is 0 Å². The predicted molar refractivity (Wildman–Crippen MR) is 84.2 cm³/mol. The number of rotatable bonds is 6. The minimum Gasteiger partial charge on any atom is -0.493 e. The van der Waals surface area contributed by atoms with E-state index < -0.39 is 9.05 Å². The van der Waals surface area contributed by atoms with E-state index in [2.05, 4.69) is 32.9 Å². The SMILES string of the molecule is Cc1ccc(C(C)(C)C)c(OCCCCS(=O)(=O)Cl)c1. The monoisotopic (exact) mass is 318 g/mol. The van der Waals surface area contributed by atoms with Crippen LogP contribution in [0.5, 0.6) is 5.75 Å². The second kappa shape index (κ2) is 6.81. The summed E-state index contributed by atoms with van der Waals surface area (Å²) in [5.74, 6) is 0.879. The van der Waals surface area contributed by atoms with Crippen LogP contribution >= 0.6 is 10.7 Å². The zero-order chi connectivity index (χ0) is 15.4. The Kier molecular flexibility index (Phi) is 5.90. The van der Waals surface area contributed by atoms with Crippen LogP contribution in [0.3, 0.4) is 0 Å². The largest absolute Gasteiger partial charge is 0.493 e. The summed E-state index contributed by atoms with van der Waals surface area (Å²) in [5.41, 5.74) is 2.33. The fourth-order valence-corrected chi connectivity index (χ4v) is 2.80. The summed E-state index contributed by atoms with van der Waals surface area (Å²) in [6.07, 6.45) is 1.19. The molecule has 1 rings (SSSR count). The Hall–Kier alpha value is -0.740. The van der Waals surface area contributed by atoms with Gasteiger partial charge in [-0.25, -0.2) is 8.42 Å². The van der Waals surface area contributed by atoms with Gasteiger partial charge in [0, 0.05) is 10.7 Å². The van der Waals surface area contributed by atoms with Crippen molar-refractivity contribution in [2.24, 2.45) is 0 Å². The van der Waals surface area contributed by atoms with Crippen molar-refractivity contribution in [3.8, 4) is 5.75 Å². The van der Waals surface area contributed by atoms with Crippen LogP contribution in [0.15, 0.2) is 18.2 Å². The lowest BCUT2D eigenvalue weighted by molar-refractivity contribution is 0.301. The molecule has 0 radical (unpaired) electrons. The van der Waals surface area contributed by atoms with Gasteiger partial charge in [-0.2, -0.15) is 0 Å². The number of unbranched alkanes of at least 4 members (excludes halogenated alkanes) is 1. The molecule has 1 aromatic rings. The molecule has 0 aromatic heterocycles. The van der Waals surface area contributed by atoms with Crippen LogP contribution in [-0.2, 0) is 14.5 Å². The maximum Gasteiger partial charge on any atom is 0.232 e. The Balaban J connectivity index is 2.61. The molecule has 3 nitrogen and oxygen atoms in total. The molecule has 20 heavy (non-hydrogen) atoms. The molecule has 0 unspecified atom stereocenters. The highest BCUT2D eigenvalue weighted by molar-refractivity contribution is 8.13. The number of ether oxygens (including phenoxy) is 1. The zero-order valence-electron chi connectivity index (χ0n) is 12.6. The van der Waals surface area contributed by atoms with E-state index in [9.17, 15) is 8.42 Å². The average molecular weight is 319 g/mol. The topological polar surface area (TPSA) is 43.4 Å². The Labute approximate surface area is 126 Å². The molecule has 0 atom stereocenters. The summed E-state index contributed by atoms with van der Waals surface area (Å²) < 4.78 is 27.5. The number of benzene rings is 1. The van der Waals surface area contributed by atoms with E-state index in [1.165, 1.54) is 0 Å². The van der Waals surface area contributed by atoms with Crippen LogP contribution in [0.4, 0.5) is 0 Å². The molecular formula is C15H23ClO3S. The van der Waals surface area contributed by atoms with Gasteiger partial charge < -0.3 is 4.74 Å². The van der Waals surface area contributed by atoms with Gasteiger partial charge in [0.1, 0.15) is 5.75 Å². The third-order valence-corrected chi connectivity index (χ3v) is 4.22. The van der Waals surface area contributed by atoms with Gasteiger partial charge in [0.2, 0.25) is 9.05 Å². The molecule has 0 aliphatic heterocycles. The lowest BCUT2D eigenvalue weighted by Crippen LogP contribution is -2.14. The zero-order valence-corrected chi connectivity index (χ0v) is 14.1. The van der Waals surface area contributed by atoms with Gasteiger partial charge in [0.05, 0.1) is 12.4 Å². The van der Waals surface area contributed by atoms with Crippen LogP contribution in [0.1, 0.15) is 44.7 Å². The maximum absolute atomic E-state index is 10.8. The minimum atomic E-state index is -3.39. The lowest BCUT2D eigenvalue weighted by Gasteiger charge is -2.23. The summed E-state index contributed by atoms with van der Waals surface area (Å²) in [6, 6.07) is 6.19. The van der Waals surface area contributed by atoms with Gasteiger partial charge in [-0.15, -0.1) is 0 Å². The Morgan fingerprint density at radius 3 is 2.40 bits per heavy atom. The fourth-order valence-electron chi connectivity index (χ4n) is 1.93. The van der Waals surface area contributed by atoms with E-state index in [0.717, 1.165) is 16.9 Å². The number of hydrogen-bond acceptors (Lipinski definition) is 3. The van der Waals surface area contributed by atoms with E-state index in [4.69, 9.17) is 15.4 Å². The molecule has 0 fully saturated rings. The van der Waals surface area contributed by atoms with Crippen molar-refractivity contribution in [3.05, 3.63) is 29.3 Å². The van der Waals surface area contributed by atoms with Crippen molar-refractivity contribution >= 4 is 19.7 Å². The van der Waals surface area contributed by atoms with Crippen molar-refractivity contribution in [3.63, 3.8) is 0 Å². The van der Waals surface area contributed by atoms with Crippen molar-refractivity contribution in [2.75, 3.05) is 12.4 Å². The quantitative estimate of drug-likeness (QED) is 0.587. The second-order valence-electron chi connectivity index (χ2n) is 6.05. The molecule has 0 amide bonds. The molecule has 5 heteroatoms. The Morgan fingerprint density at radius 1 is 1.20 bits per heavy atom. The molecular weight excluding hydrogens is 296 g/mol. The van der Waals surface area contributed by atoms with Gasteiger partial charge in [0.15, 0.2) is 0 Å². The van der Waals surface area contributed by atoms with Crippen LogP contribution in [0.25, 0.3) is 0 Å². The van der Waals surface area contributed by atoms with Gasteiger partial charge in [-0.05, 0) is 42.4 Å². The van der Waals surface area contributed by atoms with Crippen LogP contribution < -0.4 is 4.74 Å². The molecule has 0 aliphatic carbocycles. The smallest absolute Gasteiger partial charge is 0.232 e. The predicted octanol–water partition coefficient (Wildman–Crippen LogP) is 4.02. The molecule has 0 saturated carbocycles. The van der Waals surface area contributed by atoms with Gasteiger partial charge >= 0.3 is 0 Å². The summed E-state index contributed by atoms with van der Waals surface area (Å²) in [6.45, 7) is 8.96. The van der Waals surface area contributed by atoms with Crippen LogP contribution in [0.2, 0.25) is 0 Å². The molecule has 0 N–H and O–H groups in total. The maximum atomic E-state index is 10.8. The van der Waals surface area contributed by atoms with E-state index in [0.29, 0.717) is 19.4 Å². The number of aryl methyl sites for hydroxylation is 1. The summed E-state index contributed by atoms with van der Waals surface area (Å²) in [4.78, 5) is 0. The fraction of sp³-hybridized carbons (Fsp3) is 0.600. The van der Waals surface area contributed by atoms with Crippen LogP contribution in [-0.4, -0.2) is 20.8 Å². The first-order valence-corrected chi connectivity index (χ1v) is 9.24. The van der Waals surface area contributed by atoms with Crippen molar-refractivity contribution in [1.82, 2.24) is 0 Å². The molecule has 0 saturated heterocycles. The molecule has 1 aromatic carbocycles. The number of hydrogen-bond donors (Lipinski definition) is 0. The molecule has 0 aliphatic rings. The standard InChI is InChI=1S/C15H23ClO3S/c1-12-7-8-13(15(2,3)4)14(11-12)19-9-5-6-10-20(16,17)18/h7-8,11H,5-6,9-10H2,1-4H3. The average Bonchev–Trinajstić information content (AvgIpc) is 2.25. The van der Waals surface area contributed by atoms with E-state index in [1.54, 1.807) is 0 Å². The first-order valence-electron chi connectivity index (χ1n) is 6.76. The lowest BCUT2D eigenvalue weighted by atomic mass is 9.86. The third-order valence-electron chi connectivity index (χ3n) is 2.99. The highest BCUT2D eigenvalue weighted by atomic mass is 35.7. The third kappa shape index (κ3) is 6.14.